The van der Waals surface area contributed by atoms with Gasteiger partial charge in [-0.25, -0.2) is 18.7 Å². The SMILES string of the molecule is Nc1nc(-c2ccc(F)c(F)c2Br)nc2c1CCCC2. The number of benzene rings is 1. The summed E-state index contributed by atoms with van der Waals surface area (Å²) < 4.78 is 26.8. The molecule has 1 aliphatic carbocycles. The third-order valence-corrected chi connectivity index (χ3v) is 4.27. The van der Waals surface area contributed by atoms with Crippen LogP contribution in [0.2, 0.25) is 0 Å². The molecule has 0 saturated heterocycles. The number of nitrogen functional groups attached to an aromatic ring is 1. The molecule has 3 nitrogen and oxygen atoms in total. The first-order chi connectivity index (χ1) is 9.58. The summed E-state index contributed by atoms with van der Waals surface area (Å²) in [6.45, 7) is 0. The molecular weight excluding hydrogens is 328 g/mol. The van der Waals surface area contributed by atoms with Crippen molar-refractivity contribution in [1.29, 1.82) is 0 Å². The van der Waals surface area contributed by atoms with Gasteiger partial charge < -0.3 is 5.73 Å². The first-order valence-corrected chi connectivity index (χ1v) is 7.16. The lowest BCUT2D eigenvalue weighted by atomic mass is 9.96. The summed E-state index contributed by atoms with van der Waals surface area (Å²) >= 11 is 3.05. The van der Waals surface area contributed by atoms with Crippen LogP contribution >= 0.6 is 15.9 Å². The zero-order valence-corrected chi connectivity index (χ0v) is 12.2. The Hall–Kier alpha value is -1.56. The molecule has 1 aromatic heterocycles. The van der Waals surface area contributed by atoms with E-state index >= 15 is 0 Å². The first kappa shape index (κ1) is 13.4. The lowest BCUT2D eigenvalue weighted by molar-refractivity contribution is 0.504. The molecule has 0 unspecified atom stereocenters. The molecule has 0 spiro atoms. The molecule has 1 aromatic carbocycles. The number of aryl methyl sites for hydroxylation is 1. The van der Waals surface area contributed by atoms with Crippen LogP contribution in [0.4, 0.5) is 14.6 Å². The van der Waals surface area contributed by atoms with Crippen LogP contribution in [-0.2, 0) is 12.8 Å². The lowest BCUT2D eigenvalue weighted by Crippen LogP contribution is -2.12. The number of rotatable bonds is 1. The van der Waals surface area contributed by atoms with Gasteiger partial charge in [0.15, 0.2) is 17.5 Å². The highest BCUT2D eigenvalue weighted by atomic mass is 79.9. The number of halogens is 3. The molecule has 20 heavy (non-hydrogen) atoms. The Bertz CT molecular complexity index is 689. The first-order valence-electron chi connectivity index (χ1n) is 6.37. The third kappa shape index (κ3) is 2.18. The summed E-state index contributed by atoms with van der Waals surface area (Å²) in [5, 5.41) is 0. The molecule has 3 rings (SSSR count). The minimum Gasteiger partial charge on any atom is -0.383 e. The molecule has 0 amide bonds. The van der Waals surface area contributed by atoms with E-state index in [-0.39, 0.29) is 4.47 Å². The van der Waals surface area contributed by atoms with E-state index in [0.29, 0.717) is 17.2 Å². The van der Waals surface area contributed by atoms with Crippen molar-refractivity contribution >= 4 is 21.7 Å². The smallest absolute Gasteiger partial charge is 0.173 e. The molecule has 0 radical (unpaired) electrons. The second-order valence-corrected chi connectivity index (χ2v) is 5.58. The number of nitrogens with zero attached hydrogens (tertiary/aromatic N) is 2. The average Bonchev–Trinajstić information content (AvgIpc) is 2.45. The number of aromatic nitrogens is 2. The van der Waals surface area contributed by atoms with Crippen LogP contribution < -0.4 is 5.73 Å². The van der Waals surface area contributed by atoms with Gasteiger partial charge in [-0.15, -0.1) is 0 Å². The molecule has 1 aliphatic rings. The lowest BCUT2D eigenvalue weighted by Gasteiger charge is -2.17. The zero-order chi connectivity index (χ0) is 14.3. The fourth-order valence-electron chi connectivity index (χ4n) is 2.44. The summed E-state index contributed by atoms with van der Waals surface area (Å²) in [4.78, 5) is 8.70. The van der Waals surface area contributed by atoms with Gasteiger partial charge in [-0.05, 0) is 53.7 Å². The van der Waals surface area contributed by atoms with Gasteiger partial charge in [-0.1, -0.05) is 0 Å². The second-order valence-electron chi connectivity index (χ2n) is 4.79. The average molecular weight is 340 g/mol. The fraction of sp³-hybridized carbons (Fsp3) is 0.286. The van der Waals surface area contributed by atoms with E-state index in [1.54, 1.807) is 0 Å². The Morgan fingerprint density at radius 2 is 1.85 bits per heavy atom. The molecule has 0 atom stereocenters. The summed E-state index contributed by atoms with van der Waals surface area (Å²) in [6.07, 6.45) is 3.85. The summed E-state index contributed by atoms with van der Waals surface area (Å²) in [5.41, 5.74) is 8.27. The minimum atomic E-state index is -0.942. The Morgan fingerprint density at radius 3 is 2.65 bits per heavy atom. The Kier molecular flexibility index (Phi) is 3.41. The van der Waals surface area contributed by atoms with Gasteiger partial charge in [0.2, 0.25) is 0 Å². The molecule has 104 valence electrons. The van der Waals surface area contributed by atoms with Crippen LogP contribution in [0.15, 0.2) is 16.6 Å². The normalized spacial score (nSPS) is 14.2. The second kappa shape index (κ2) is 5.09. The predicted octanol–water partition coefficient (Wildman–Crippen LogP) is 3.65. The Balaban J connectivity index is 2.16. The van der Waals surface area contributed by atoms with Gasteiger partial charge in [0.1, 0.15) is 5.82 Å². The van der Waals surface area contributed by atoms with Gasteiger partial charge in [0, 0.05) is 16.8 Å². The van der Waals surface area contributed by atoms with Crippen molar-refractivity contribution in [3.63, 3.8) is 0 Å². The number of fused-ring (bicyclic) bond motifs is 1. The maximum Gasteiger partial charge on any atom is 0.173 e. The van der Waals surface area contributed by atoms with Gasteiger partial charge in [0.25, 0.3) is 0 Å². The highest BCUT2D eigenvalue weighted by Crippen LogP contribution is 2.32. The Morgan fingerprint density at radius 1 is 1.10 bits per heavy atom. The molecule has 1 heterocycles. The number of nitrogens with two attached hydrogens (primary N) is 1. The Labute approximate surface area is 123 Å². The van der Waals surface area contributed by atoms with Crippen LogP contribution in [0.25, 0.3) is 11.4 Å². The fourth-order valence-corrected chi connectivity index (χ4v) is 2.94. The number of hydrogen-bond acceptors (Lipinski definition) is 3. The summed E-state index contributed by atoms with van der Waals surface area (Å²) in [5.74, 6) is -1.09. The highest BCUT2D eigenvalue weighted by molar-refractivity contribution is 9.10. The summed E-state index contributed by atoms with van der Waals surface area (Å²) in [7, 11) is 0. The molecule has 2 N–H and O–H groups in total. The minimum absolute atomic E-state index is 0.0210. The van der Waals surface area contributed by atoms with Crippen molar-refractivity contribution in [3.8, 4) is 11.4 Å². The largest absolute Gasteiger partial charge is 0.383 e. The van der Waals surface area contributed by atoms with Crippen molar-refractivity contribution in [3.05, 3.63) is 39.5 Å². The van der Waals surface area contributed by atoms with Crippen molar-refractivity contribution in [1.82, 2.24) is 9.97 Å². The van der Waals surface area contributed by atoms with Gasteiger partial charge in [0.05, 0.1) is 4.47 Å². The van der Waals surface area contributed by atoms with Gasteiger partial charge >= 0.3 is 0 Å². The number of anilines is 1. The highest BCUT2D eigenvalue weighted by Gasteiger charge is 2.19. The molecule has 0 aliphatic heterocycles. The third-order valence-electron chi connectivity index (χ3n) is 3.49. The number of hydrogen-bond donors (Lipinski definition) is 1. The van der Waals surface area contributed by atoms with Crippen molar-refractivity contribution in [2.45, 2.75) is 25.7 Å². The van der Waals surface area contributed by atoms with Crippen LogP contribution in [0, 0.1) is 11.6 Å². The van der Waals surface area contributed by atoms with Crippen LogP contribution in [0.1, 0.15) is 24.1 Å². The van der Waals surface area contributed by atoms with E-state index in [1.807, 2.05) is 0 Å². The van der Waals surface area contributed by atoms with Crippen LogP contribution in [0.5, 0.6) is 0 Å². The van der Waals surface area contributed by atoms with Crippen molar-refractivity contribution in [2.75, 3.05) is 5.73 Å². The van der Waals surface area contributed by atoms with E-state index in [0.717, 1.165) is 43.0 Å². The standard InChI is InChI=1S/C14H12BrF2N3/c15-11-8(5-6-9(16)12(11)17)14-19-10-4-2-1-3-7(10)13(18)20-14/h5-6H,1-4H2,(H2,18,19,20). The molecular formula is C14H12BrF2N3. The quantitative estimate of drug-likeness (QED) is 0.807. The van der Waals surface area contributed by atoms with Gasteiger partial charge in [-0.2, -0.15) is 0 Å². The van der Waals surface area contributed by atoms with E-state index in [1.165, 1.54) is 6.07 Å². The molecule has 6 heteroatoms. The maximum absolute atomic E-state index is 13.6. The summed E-state index contributed by atoms with van der Waals surface area (Å²) in [6, 6.07) is 2.51. The van der Waals surface area contributed by atoms with Crippen LogP contribution in [0.3, 0.4) is 0 Å². The van der Waals surface area contributed by atoms with Gasteiger partial charge in [-0.3, -0.25) is 0 Å². The molecule has 0 saturated carbocycles. The predicted molar refractivity (Wildman–Crippen MR) is 76.1 cm³/mol. The van der Waals surface area contributed by atoms with E-state index in [9.17, 15) is 8.78 Å². The van der Waals surface area contributed by atoms with Crippen molar-refractivity contribution in [2.24, 2.45) is 0 Å². The zero-order valence-electron chi connectivity index (χ0n) is 10.6. The molecule has 0 bridgehead atoms. The van der Waals surface area contributed by atoms with Crippen molar-refractivity contribution < 1.29 is 8.78 Å². The maximum atomic E-state index is 13.6. The topological polar surface area (TPSA) is 51.8 Å². The van der Waals surface area contributed by atoms with E-state index in [4.69, 9.17) is 5.73 Å². The van der Waals surface area contributed by atoms with Crippen LogP contribution in [-0.4, -0.2) is 9.97 Å². The van der Waals surface area contributed by atoms with E-state index < -0.39 is 11.6 Å². The van der Waals surface area contributed by atoms with E-state index in [2.05, 4.69) is 25.9 Å². The molecule has 2 aromatic rings. The monoisotopic (exact) mass is 339 g/mol. The molecule has 0 fully saturated rings.